The molecule has 1 aromatic carbocycles. The van der Waals surface area contributed by atoms with E-state index in [1.165, 1.54) is 0 Å². The van der Waals surface area contributed by atoms with Crippen LogP contribution in [0.2, 0.25) is 0 Å². The summed E-state index contributed by atoms with van der Waals surface area (Å²) >= 11 is 0. The van der Waals surface area contributed by atoms with E-state index in [2.05, 4.69) is 22.5 Å². The van der Waals surface area contributed by atoms with Crippen LogP contribution in [0.5, 0.6) is 17.2 Å². The minimum atomic E-state index is 0.211. The van der Waals surface area contributed by atoms with Gasteiger partial charge in [0.05, 0.1) is 27.9 Å². The third kappa shape index (κ3) is 7.17. The molecule has 0 aromatic heterocycles. The van der Waals surface area contributed by atoms with Gasteiger partial charge in [0, 0.05) is 25.3 Å². The van der Waals surface area contributed by atoms with E-state index in [0.29, 0.717) is 29.7 Å². The van der Waals surface area contributed by atoms with Crippen molar-refractivity contribution in [2.24, 2.45) is 10.9 Å². The number of rotatable bonds is 12. The average Bonchev–Trinajstić information content (AvgIpc) is 2.69. The maximum atomic E-state index is 9.22. The van der Waals surface area contributed by atoms with E-state index in [4.69, 9.17) is 14.2 Å². The zero-order valence-electron chi connectivity index (χ0n) is 17.3. The molecule has 0 amide bonds. The van der Waals surface area contributed by atoms with Gasteiger partial charge in [-0.2, -0.15) is 0 Å². The first kappa shape index (κ1) is 22.9. The molecule has 0 saturated heterocycles. The Balaban J connectivity index is 2.91. The molecular weight excluding hydrogens is 346 g/mol. The van der Waals surface area contributed by atoms with Crippen LogP contribution >= 0.6 is 0 Å². The lowest BCUT2D eigenvalue weighted by atomic mass is 10.0. The highest BCUT2D eigenvalue weighted by Gasteiger charge is 2.15. The van der Waals surface area contributed by atoms with Crippen LogP contribution in [0, 0.1) is 5.92 Å². The molecule has 0 fully saturated rings. The summed E-state index contributed by atoms with van der Waals surface area (Å²) in [5, 5.41) is 15.9. The summed E-state index contributed by atoms with van der Waals surface area (Å²) in [5.74, 6) is 2.99. The van der Waals surface area contributed by atoms with Crippen LogP contribution in [0.15, 0.2) is 17.1 Å². The Hall–Kier alpha value is -2.15. The summed E-state index contributed by atoms with van der Waals surface area (Å²) in [6.45, 7) is 6.40. The number of aliphatic hydroxyl groups excluding tert-OH is 1. The largest absolute Gasteiger partial charge is 0.493 e. The molecule has 0 radical (unpaired) electrons. The topological polar surface area (TPSA) is 84.3 Å². The number of benzene rings is 1. The fourth-order valence-corrected chi connectivity index (χ4v) is 2.97. The van der Waals surface area contributed by atoms with Crippen LogP contribution in [0.4, 0.5) is 0 Å². The van der Waals surface area contributed by atoms with E-state index in [0.717, 1.165) is 43.9 Å². The van der Waals surface area contributed by atoms with Gasteiger partial charge in [-0.05, 0) is 37.8 Å². The Bertz CT molecular complexity index is 573. The molecule has 3 N–H and O–H groups in total. The van der Waals surface area contributed by atoms with Crippen molar-refractivity contribution in [1.82, 2.24) is 10.6 Å². The van der Waals surface area contributed by atoms with Gasteiger partial charge in [0.15, 0.2) is 17.5 Å². The van der Waals surface area contributed by atoms with Crippen LogP contribution in [0.1, 0.15) is 38.7 Å². The molecular formula is C20H35N3O4. The third-order valence-corrected chi connectivity index (χ3v) is 4.33. The van der Waals surface area contributed by atoms with Gasteiger partial charge in [-0.1, -0.05) is 13.3 Å². The standard InChI is InChI=1S/C20H35N3O4/c1-6-8-15(11-12-24)13-22-20(21-7-2)23-14-16-9-10-17(25-3)19(27-5)18(16)26-4/h9-10,15,24H,6-8,11-14H2,1-5H3,(H2,21,22,23). The summed E-state index contributed by atoms with van der Waals surface area (Å²) in [6, 6.07) is 3.78. The lowest BCUT2D eigenvalue weighted by Crippen LogP contribution is -2.40. The number of nitrogens with one attached hydrogen (secondary N) is 2. The number of hydrogen-bond donors (Lipinski definition) is 3. The van der Waals surface area contributed by atoms with Crippen LogP contribution in [0.25, 0.3) is 0 Å². The van der Waals surface area contributed by atoms with E-state index < -0.39 is 0 Å². The minimum Gasteiger partial charge on any atom is -0.493 e. The van der Waals surface area contributed by atoms with Crippen molar-refractivity contribution >= 4 is 5.96 Å². The molecule has 0 aliphatic carbocycles. The number of aliphatic imine (C=N–C) groups is 1. The van der Waals surface area contributed by atoms with Crippen molar-refractivity contribution in [3.63, 3.8) is 0 Å². The molecule has 154 valence electrons. The monoisotopic (exact) mass is 381 g/mol. The van der Waals surface area contributed by atoms with Crippen molar-refractivity contribution in [3.05, 3.63) is 17.7 Å². The molecule has 1 unspecified atom stereocenters. The molecule has 0 aliphatic heterocycles. The first-order valence-electron chi connectivity index (χ1n) is 9.55. The molecule has 0 heterocycles. The molecule has 7 heteroatoms. The Morgan fingerprint density at radius 3 is 2.33 bits per heavy atom. The second kappa shape index (κ2) is 13.1. The fourth-order valence-electron chi connectivity index (χ4n) is 2.97. The molecule has 0 bridgehead atoms. The Labute approximate surface area is 163 Å². The zero-order chi connectivity index (χ0) is 20.1. The first-order valence-corrected chi connectivity index (χ1v) is 9.55. The van der Waals surface area contributed by atoms with Crippen molar-refractivity contribution in [2.75, 3.05) is 41.0 Å². The van der Waals surface area contributed by atoms with Gasteiger partial charge in [-0.3, -0.25) is 0 Å². The highest BCUT2D eigenvalue weighted by atomic mass is 16.5. The number of methoxy groups -OCH3 is 3. The van der Waals surface area contributed by atoms with E-state index >= 15 is 0 Å². The van der Waals surface area contributed by atoms with Crippen molar-refractivity contribution in [3.8, 4) is 17.2 Å². The van der Waals surface area contributed by atoms with Crippen molar-refractivity contribution in [1.29, 1.82) is 0 Å². The number of nitrogens with zero attached hydrogens (tertiary/aromatic N) is 1. The smallest absolute Gasteiger partial charge is 0.203 e. The van der Waals surface area contributed by atoms with Crippen LogP contribution in [0.3, 0.4) is 0 Å². The lowest BCUT2D eigenvalue weighted by Gasteiger charge is -2.19. The normalized spacial score (nSPS) is 12.4. The highest BCUT2D eigenvalue weighted by molar-refractivity contribution is 5.79. The number of hydrogen-bond acceptors (Lipinski definition) is 5. The van der Waals surface area contributed by atoms with Gasteiger partial charge in [-0.15, -0.1) is 0 Å². The van der Waals surface area contributed by atoms with Crippen molar-refractivity contribution < 1.29 is 19.3 Å². The van der Waals surface area contributed by atoms with Gasteiger partial charge in [-0.25, -0.2) is 4.99 Å². The maximum absolute atomic E-state index is 9.22. The summed E-state index contributed by atoms with van der Waals surface area (Å²) in [7, 11) is 4.80. The lowest BCUT2D eigenvalue weighted by molar-refractivity contribution is 0.251. The predicted molar refractivity (Wildman–Crippen MR) is 109 cm³/mol. The Morgan fingerprint density at radius 2 is 1.78 bits per heavy atom. The first-order chi connectivity index (χ1) is 13.1. The zero-order valence-corrected chi connectivity index (χ0v) is 17.3. The van der Waals surface area contributed by atoms with Gasteiger partial charge >= 0.3 is 0 Å². The molecule has 1 aromatic rings. The summed E-state index contributed by atoms with van der Waals surface area (Å²) in [4.78, 5) is 4.67. The quantitative estimate of drug-likeness (QED) is 0.381. The Kier molecular flexibility index (Phi) is 11.1. The number of aliphatic hydroxyl groups is 1. The molecule has 1 atom stereocenters. The van der Waals surface area contributed by atoms with Crippen LogP contribution in [-0.4, -0.2) is 52.1 Å². The molecule has 0 saturated carbocycles. The second-order valence-electron chi connectivity index (χ2n) is 6.24. The summed E-state index contributed by atoms with van der Waals surface area (Å²) in [6.07, 6.45) is 2.98. The van der Waals surface area contributed by atoms with Gasteiger partial charge in [0.2, 0.25) is 5.75 Å². The average molecular weight is 382 g/mol. The van der Waals surface area contributed by atoms with Crippen molar-refractivity contribution in [2.45, 2.75) is 39.7 Å². The van der Waals surface area contributed by atoms with E-state index in [-0.39, 0.29) is 6.61 Å². The maximum Gasteiger partial charge on any atom is 0.203 e. The van der Waals surface area contributed by atoms with Gasteiger partial charge < -0.3 is 30.0 Å². The van der Waals surface area contributed by atoms with E-state index in [1.54, 1.807) is 21.3 Å². The Morgan fingerprint density at radius 1 is 1.04 bits per heavy atom. The molecule has 7 nitrogen and oxygen atoms in total. The predicted octanol–water partition coefficient (Wildman–Crippen LogP) is 2.57. The number of ether oxygens (including phenoxy) is 3. The molecule has 1 rings (SSSR count). The molecule has 0 spiro atoms. The second-order valence-corrected chi connectivity index (χ2v) is 6.24. The van der Waals surface area contributed by atoms with Crippen LogP contribution < -0.4 is 24.8 Å². The third-order valence-electron chi connectivity index (χ3n) is 4.33. The fraction of sp³-hybridized carbons (Fsp3) is 0.650. The summed E-state index contributed by atoms with van der Waals surface area (Å²) in [5.41, 5.74) is 0.910. The summed E-state index contributed by atoms with van der Waals surface area (Å²) < 4.78 is 16.3. The van der Waals surface area contributed by atoms with Gasteiger partial charge in [0.1, 0.15) is 0 Å². The van der Waals surface area contributed by atoms with Crippen LogP contribution in [-0.2, 0) is 6.54 Å². The molecule has 27 heavy (non-hydrogen) atoms. The SMILES string of the molecule is CCCC(CCO)CNC(=NCc1ccc(OC)c(OC)c1OC)NCC. The van der Waals surface area contributed by atoms with Gasteiger partial charge in [0.25, 0.3) is 0 Å². The number of guanidine groups is 1. The van der Waals surface area contributed by atoms with E-state index in [9.17, 15) is 5.11 Å². The minimum absolute atomic E-state index is 0.211. The molecule has 0 aliphatic rings. The highest BCUT2D eigenvalue weighted by Crippen LogP contribution is 2.39. The van der Waals surface area contributed by atoms with E-state index in [1.807, 2.05) is 19.1 Å².